The molecule has 3 aliphatic rings. The second kappa shape index (κ2) is 13.6. The van der Waals surface area contributed by atoms with E-state index < -0.39 is 67.6 Å². The number of hydrogen-bond acceptors (Lipinski definition) is 8. The van der Waals surface area contributed by atoms with Gasteiger partial charge in [-0.25, -0.2) is 9.29 Å². The Balaban J connectivity index is 1.33. The van der Waals surface area contributed by atoms with Crippen LogP contribution in [0.5, 0.6) is 5.75 Å². The Bertz CT molecular complexity index is 2040. The monoisotopic (exact) mass is 720 g/mol. The molecule has 0 saturated carbocycles. The lowest BCUT2D eigenvalue weighted by Crippen LogP contribution is -2.66. The number of nitrogens with zero attached hydrogens (tertiary/aromatic N) is 2. The minimum Gasteiger partial charge on any atom is -0.505 e. The molecule has 4 aromatic rings. The summed E-state index contributed by atoms with van der Waals surface area (Å²) in [6.45, 7) is 6.48. The number of aromatic hydroxyl groups is 1. The van der Waals surface area contributed by atoms with E-state index in [1.54, 1.807) is 0 Å². The first-order valence-corrected chi connectivity index (χ1v) is 19.1. The number of benzene rings is 4. The van der Waals surface area contributed by atoms with Gasteiger partial charge in [0.25, 0.3) is 14.0 Å². The van der Waals surface area contributed by atoms with Crippen molar-refractivity contribution >= 4 is 49.0 Å². The van der Waals surface area contributed by atoms with Crippen LogP contribution in [0, 0.1) is 33.7 Å². The predicted octanol–water partition coefficient (Wildman–Crippen LogP) is 5.62. The predicted molar refractivity (Wildman–Crippen MR) is 196 cm³/mol. The molecule has 4 aromatic carbocycles. The quantitative estimate of drug-likeness (QED) is 0.104. The number of phenolic OH excluding ortho intramolecular Hbond substituents is 1. The minimum absolute atomic E-state index is 0.0412. The van der Waals surface area contributed by atoms with Crippen LogP contribution < -0.4 is 15.3 Å². The third-order valence-corrected chi connectivity index (χ3v) is 15.7. The van der Waals surface area contributed by atoms with Crippen LogP contribution in [0.3, 0.4) is 0 Å². The number of carbonyl (C=O) groups is 2. The fourth-order valence-corrected chi connectivity index (χ4v) is 13.0. The fraction of sp³-hybridized carbons (Fsp3) is 0.282. The number of imide groups is 1. The molecule has 4 atom stereocenters. The van der Waals surface area contributed by atoms with E-state index in [-0.39, 0.29) is 35.9 Å². The number of nitro groups is 1. The van der Waals surface area contributed by atoms with Gasteiger partial charge in [0, 0.05) is 12.1 Å². The van der Waals surface area contributed by atoms with Gasteiger partial charge in [0.2, 0.25) is 11.8 Å². The maximum absolute atomic E-state index is 14.5. The lowest BCUT2D eigenvalue weighted by atomic mass is 9.55. The lowest BCUT2D eigenvalue weighted by Gasteiger charge is -2.45. The molecule has 2 N–H and O–H groups in total. The van der Waals surface area contributed by atoms with E-state index in [1.165, 1.54) is 36.4 Å². The van der Waals surface area contributed by atoms with Gasteiger partial charge >= 0.3 is 7.12 Å². The van der Waals surface area contributed by atoms with Crippen LogP contribution in [0.4, 0.5) is 15.8 Å². The highest BCUT2D eigenvalue weighted by atomic mass is 28.4. The molecule has 266 valence electrons. The number of nitro benzene ring substituents is 1. The normalized spacial score (nSPS) is 22.0. The molecule has 2 saturated heterocycles. The molecule has 2 heterocycles. The lowest BCUT2D eigenvalue weighted by molar-refractivity contribution is -0.384. The third kappa shape index (κ3) is 5.97. The maximum atomic E-state index is 14.5. The van der Waals surface area contributed by atoms with Crippen molar-refractivity contribution in [3.63, 3.8) is 0 Å². The van der Waals surface area contributed by atoms with Gasteiger partial charge in [-0.1, -0.05) is 93.6 Å². The van der Waals surface area contributed by atoms with Gasteiger partial charge < -0.3 is 19.2 Å². The summed E-state index contributed by atoms with van der Waals surface area (Å²) in [5.41, 5.74) is 1.28. The van der Waals surface area contributed by atoms with E-state index in [2.05, 4.69) is 45.0 Å². The van der Waals surface area contributed by atoms with E-state index in [4.69, 9.17) is 9.08 Å². The maximum Gasteiger partial charge on any atom is 0.487 e. The molecule has 52 heavy (non-hydrogen) atoms. The van der Waals surface area contributed by atoms with Crippen LogP contribution in [-0.4, -0.2) is 48.9 Å². The van der Waals surface area contributed by atoms with Gasteiger partial charge in [-0.15, -0.1) is 0 Å². The zero-order valence-corrected chi connectivity index (χ0v) is 29.9. The van der Waals surface area contributed by atoms with Crippen LogP contribution in [-0.2, 0) is 18.7 Å². The minimum atomic E-state index is -3.09. The molecule has 1 aliphatic carbocycles. The number of hydrogen-bond donors (Lipinski definition) is 2. The van der Waals surface area contributed by atoms with Crippen molar-refractivity contribution < 1.29 is 38.1 Å². The van der Waals surface area contributed by atoms with Crippen LogP contribution in [0.25, 0.3) is 0 Å². The average Bonchev–Trinajstić information content (AvgIpc) is 3.38. The molecule has 0 bridgehead atoms. The van der Waals surface area contributed by atoms with Crippen molar-refractivity contribution in [2.75, 3.05) is 11.5 Å². The molecule has 2 amide bonds. The van der Waals surface area contributed by atoms with Crippen molar-refractivity contribution in [1.82, 2.24) is 0 Å². The molecule has 13 heteroatoms. The molecular formula is C39H38BFN2O8Si. The summed E-state index contributed by atoms with van der Waals surface area (Å²) in [5, 5.41) is 34.9. The molecule has 0 spiro atoms. The number of non-ortho nitro benzene ring substituents is 1. The second-order valence-electron chi connectivity index (χ2n) is 14.7. The molecule has 10 nitrogen and oxygen atoms in total. The van der Waals surface area contributed by atoms with Crippen molar-refractivity contribution in [1.29, 1.82) is 0 Å². The summed E-state index contributed by atoms with van der Waals surface area (Å²) in [7, 11) is -4.59. The molecule has 0 radical (unpaired) electrons. The van der Waals surface area contributed by atoms with Gasteiger partial charge in [-0.3, -0.25) is 19.7 Å². The number of carbonyl (C=O) groups excluding carboxylic acids is 2. The molecule has 7 rings (SSSR count). The summed E-state index contributed by atoms with van der Waals surface area (Å²) in [6.07, 6.45) is -0.641. The molecule has 2 fully saturated rings. The molecular weight excluding hydrogens is 682 g/mol. The van der Waals surface area contributed by atoms with Crippen molar-refractivity contribution in [2.24, 2.45) is 17.8 Å². The van der Waals surface area contributed by atoms with Gasteiger partial charge in [-0.2, -0.15) is 0 Å². The Morgan fingerprint density at radius 2 is 1.60 bits per heavy atom. The highest BCUT2D eigenvalue weighted by molar-refractivity contribution is 6.99. The number of anilines is 1. The molecule has 2 aliphatic heterocycles. The SMILES string of the molecule is CC(C)(C)[Si](OCC1=C2B(O)O[C@H](c3ccc(O)c(F)c3)C[C@H]2[C@H]2C(=O)N(c3cccc([N+](=O)[O-])c3)C(=O)[C@H]2C1)(c1ccccc1)c1ccccc1. The number of allylic oxidation sites excluding steroid dienone is 1. The molecule has 0 unspecified atom stereocenters. The number of amides is 2. The zero-order chi connectivity index (χ0) is 36.9. The summed E-state index contributed by atoms with van der Waals surface area (Å²) < 4.78 is 27.9. The number of rotatable bonds is 8. The summed E-state index contributed by atoms with van der Waals surface area (Å²) >= 11 is 0. The van der Waals surface area contributed by atoms with Gasteiger partial charge in [0.15, 0.2) is 11.6 Å². The highest BCUT2D eigenvalue weighted by Gasteiger charge is 2.59. The van der Waals surface area contributed by atoms with Crippen LogP contribution in [0.15, 0.2) is 114 Å². The average molecular weight is 721 g/mol. The van der Waals surface area contributed by atoms with Crippen molar-refractivity contribution in [3.05, 3.63) is 136 Å². The first kappa shape index (κ1) is 35.5. The van der Waals surface area contributed by atoms with Gasteiger partial charge in [0.05, 0.1) is 35.2 Å². The Morgan fingerprint density at radius 3 is 2.19 bits per heavy atom. The van der Waals surface area contributed by atoms with E-state index in [0.29, 0.717) is 16.6 Å². The summed E-state index contributed by atoms with van der Waals surface area (Å²) in [4.78, 5) is 40.7. The topological polar surface area (TPSA) is 139 Å². The van der Waals surface area contributed by atoms with Gasteiger partial charge in [-0.05, 0) is 69.0 Å². The van der Waals surface area contributed by atoms with E-state index in [1.807, 2.05) is 36.4 Å². The first-order valence-electron chi connectivity index (χ1n) is 17.2. The van der Waals surface area contributed by atoms with E-state index in [9.17, 15) is 34.2 Å². The number of phenols is 1. The van der Waals surface area contributed by atoms with Crippen molar-refractivity contribution in [3.8, 4) is 5.75 Å². The largest absolute Gasteiger partial charge is 0.505 e. The van der Waals surface area contributed by atoms with Gasteiger partial charge in [0.1, 0.15) is 0 Å². The van der Waals surface area contributed by atoms with Crippen LogP contribution in [0.1, 0.15) is 45.3 Å². The highest BCUT2D eigenvalue weighted by Crippen LogP contribution is 2.52. The van der Waals surface area contributed by atoms with E-state index in [0.717, 1.165) is 21.3 Å². The van der Waals surface area contributed by atoms with Crippen molar-refractivity contribution in [2.45, 2.75) is 44.8 Å². The van der Waals surface area contributed by atoms with E-state index >= 15 is 0 Å². The Morgan fingerprint density at radius 1 is 0.942 bits per heavy atom. The van der Waals surface area contributed by atoms with Crippen LogP contribution >= 0.6 is 0 Å². The smallest absolute Gasteiger partial charge is 0.487 e. The summed E-state index contributed by atoms with van der Waals surface area (Å²) in [6, 6.07) is 29.3. The second-order valence-corrected chi connectivity index (χ2v) is 19.0. The summed E-state index contributed by atoms with van der Waals surface area (Å²) in [5.74, 6) is -4.89. The standard InChI is InChI=1S/C39H38BFN2O8Si/c1-39(2,3)52(28-13-6-4-7-14-28,29-15-8-5-9-16-29)50-23-25-19-31-35(38(46)42(37(31)45)26-11-10-12-27(21-26)43(48)49)30-22-34(51-40(47)36(25)30)24-17-18-33(44)32(41)20-24/h4-18,20-21,30-31,34-35,44,47H,19,22-23H2,1-3H3/t30-,31-,34-,35+/m0/s1. The fourth-order valence-electron chi connectivity index (χ4n) is 8.44. The number of halogens is 1. The first-order chi connectivity index (χ1) is 24.8. The molecule has 0 aromatic heterocycles. The Kier molecular flexibility index (Phi) is 9.24. The Labute approximate surface area is 301 Å². The Hall–Kier alpha value is -4.95. The zero-order valence-electron chi connectivity index (χ0n) is 28.9. The third-order valence-electron chi connectivity index (χ3n) is 10.7. The number of fused-ring (bicyclic) bond motifs is 3. The van der Waals surface area contributed by atoms with Crippen LogP contribution in [0.2, 0.25) is 5.04 Å².